The quantitative estimate of drug-likeness (QED) is 0.470. The minimum Gasteiger partial charge on any atom is -0.497 e. The van der Waals surface area contributed by atoms with Crippen LogP contribution in [0.15, 0.2) is 83.8 Å². The molecule has 4 aromatic rings. The molecule has 1 amide bonds. The number of aromatic nitrogens is 1. The van der Waals surface area contributed by atoms with Gasteiger partial charge in [0.25, 0.3) is 5.91 Å². The summed E-state index contributed by atoms with van der Waals surface area (Å²) in [6.45, 7) is 1.39. The van der Waals surface area contributed by atoms with Gasteiger partial charge in [-0.2, -0.15) is 0 Å². The second-order valence-electron chi connectivity index (χ2n) is 8.74. The third kappa shape index (κ3) is 3.21. The monoisotopic (exact) mass is 439 g/mol. The molecule has 2 aromatic heterocycles. The summed E-state index contributed by atoms with van der Waals surface area (Å²) >= 11 is 0. The number of nitrogens with one attached hydrogen (secondary N) is 1. The average molecular weight is 440 g/mol. The Kier molecular flexibility index (Phi) is 4.54. The molecule has 2 aliphatic heterocycles. The van der Waals surface area contributed by atoms with Crippen molar-refractivity contribution in [3.05, 3.63) is 90.6 Å². The molecule has 1 fully saturated rings. The maximum atomic E-state index is 13.2. The molecule has 1 saturated heterocycles. The number of benzene rings is 2. The fraction of sp³-hybridized carbons (Fsp3) is 0.222. The molecule has 6 heteroatoms. The summed E-state index contributed by atoms with van der Waals surface area (Å²) in [7, 11) is 1.69. The highest BCUT2D eigenvalue weighted by atomic mass is 16.5. The van der Waals surface area contributed by atoms with Crippen molar-refractivity contribution in [2.24, 2.45) is 0 Å². The maximum absolute atomic E-state index is 13.2. The van der Waals surface area contributed by atoms with Crippen molar-refractivity contribution in [3.8, 4) is 22.6 Å². The fourth-order valence-corrected chi connectivity index (χ4v) is 5.14. The van der Waals surface area contributed by atoms with E-state index in [1.54, 1.807) is 19.6 Å². The molecule has 0 saturated carbocycles. The van der Waals surface area contributed by atoms with Crippen LogP contribution in [-0.4, -0.2) is 35.6 Å². The normalized spacial score (nSPS) is 16.1. The largest absolute Gasteiger partial charge is 0.497 e. The summed E-state index contributed by atoms with van der Waals surface area (Å²) in [4.78, 5) is 15.2. The van der Waals surface area contributed by atoms with Crippen LogP contribution in [0.5, 0.6) is 5.75 Å². The predicted molar refractivity (Wildman–Crippen MR) is 127 cm³/mol. The second kappa shape index (κ2) is 7.59. The summed E-state index contributed by atoms with van der Waals surface area (Å²) in [5.74, 6) is 0.912. The zero-order valence-corrected chi connectivity index (χ0v) is 18.5. The van der Waals surface area contributed by atoms with E-state index in [0.29, 0.717) is 18.7 Å². The SMILES string of the molecule is COc1ccc2c(c1)NC1(CCN(C(=O)c3ccc(-c4ccoc4)cc3)CC1)c1cccn1-2. The maximum Gasteiger partial charge on any atom is 0.253 e. The van der Waals surface area contributed by atoms with E-state index in [1.165, 1.54) is 5.69 Å². The number of fused-ring (bicyclic) bond motifs is 4. The molecule has 4 heterocycles. The topological polar surface area (TPSA) is 59.6 Å². The number of likely N-dealkylation sites (tertiary alicyclic amines) is 1. The van der Waals surface area contributed by atoms with E-state index in [1.807, 2.05) is 41.3 Å². The Balaban J connectivity index is 1.22. The number of carbonyl (C=O) groups is 1. The van der Waals surface area contributed by atoms with Crippen LogP contribution >= 0.6 is 0 Å². The molecule has 166 valence electrons. The van der Waals surface area contributed by atoms with Crippen LogP contribution in [0, 0.1) is 0 Å². The lowest BCUT2D eigenvalue weighted by Gasteiger charge is -2.46. The Morgan fingerprint density at radius 1 is 1.03 bits per heavy atom. The lowest BCUT2D eigenvalue weighted by Crippen LogP contribution is -2.51. The molecule has 33 heavy (non-hydrogen) atoms. The Hall–Kier alpha value is -3.93. The molecule has 0 aliphatic carbocycles. The highest BCUT2D eigenvalue weighted by molar-refractivity contribution is 5.94. The first-order valence-electron chi connectivity index (χ1n) is 11.2. The van der Waals surface area contributed by atoms with Gasteiger partial charge in [-0.1, -0.05) is 12.1 Å². The standard InChI is InChI=1S/C27H25N3O3/c1-32-22-8-9-24-23(17-22)28-27(25-3-2-13-30(24)25)11-14-29(15-12-27)26(31)20-6-4-19(5-7-20)21-10-16-33-18-21/h2-10,13,16-18,28H,11-12,14-15H2,1H3. The summed E-state index contributed by atoms with van der Waals surface area (Å²) in [5, 5.41) is 3.80. The zero-order chi connectivity index (χ0) is 22.4. The van der Waals surface area contributed by atoms with Gasteiger partial charge in [0.2, 0.25) is 0 Å². The molecule has 0 unspecified atom stereocenters. The molecule has 6 rings (SSSR count). The van der Waals surface area contributed by atoms with Crippen molar-refractivity contribution >= 4 is 11.6 Å². The number of piperidine rings is 1. The second-order valence-corrected chi connectivity index (χ2v) is 8.74. The van der Waals surface area contributed by atoms with Gasteiger partial charge in [0.1, 0.15) is 5.75 Å². The van der Waals surface area contributed by atoms with E-state index in [-0.39, 0.29) is 11.4 Å². The van der Waals surface area contributed by atoms with E-state index >= 15 is 0 Å². The summed E-state index contributed by atoms with van der Waals surface area (Å²) < 4.78 is 12.9. The molecular formula is C27H25N3O3. The first-order chi connectivity index (χ1) is 16.2. The smallest absolute Gasteiger partial charge is 0.253 e. The van der Waals surface area contributed by atoms with E-state index < -0.39 is 0 Å². The van der Waals surface area contributed by atoms with Crippen LogP contribution in [0.4, 0.5) is 5.69 Å². The minimum absolute atomic E-state index is 0.0804. The third-order valence-corrected chi connectivity index (χ3v) is 6.97. The van der Waals surface area contributed by atoms with Crippen LogP contribution in [0.3, 0.4) is 0 Å². The Labute approximate surface area is 192 Å². The Bertz CT molecular complexity index is 1300. The Morgan fingerprint density at radius 2 is 1.85 bits per heavy atom. The van der Waals surface area contributed by atoms with Crippen molar-refractivity contribution < 1.29 is 13.9 Å². The van der Waals surface area contributed by atoms with Crippen LogP contribution in [0.2, 0.25) is 0 Å². The van der Waals surface area contributed by atoms with Gasteiger partial charge in [-0.3, -0.25) is 4.79 Å². The number of hydrogen-bond donors (Lipinski definition) is 1. The molecule has 1 spiro atoms. The van der Waals surface area contributed by atoms with Gasteiger partial charge in [-0.05, 0) is 60.9 Å². The molecule has 0 bridgehead atoms. The lowest BCUT2D eigenvalue weighted by atomic mass is 9.82. The Morgan fingerprint density at radius 3 is 2.58 bits per heavy atom. The van der Waals surface area contributed by atoms with Crippen molar-refractivity contribution in [1.29, 1.82) is 0 Å². The lowest BCUT2D eigenvalue weighted by molar-refractivity contribution is 0.0676. The number of furan rings is 1. The molecular weight excluding hydrogens is 414 g/mol. The zero-order valence-electron chi connectivity index (χ0n) is 18.5. The highest BCUT2D eigenvalue weighted by Gasteiger charge is 2.42. The number of ether oxygens (including phenoxy) is 1. The third-order valence-electron chi connectivity index (χ3n) is 6.97. The van der Waals surface area contributed by atoms with Gasteiger partial charge < -0.3 is 23.9 Å². The predicted octanol–water partition coefficient (Wildman–Crippen LogP) is 5.30. The fourth-order valence-electron chi connectivity index (χ4n) is 5.14. The van der Waals surface area contributed by atoms with Gasteiger partial charge in [-0.15, -0.1) is 0 Å². The van der Waals surface area contributed by atoms with Crippen LogP contribution in [-0.2, 0) is 5.54 Å². The van der Waals surface area contributed by atoms with E-state index in [2.05, 4.69) is 40.3 Å². The van der Waals surface area contributed by atoms with Gasteiger partial charge in [0.15, 0.2) is 0 Å². The number of methoxy groups -OCH3 is 1. The van der Waals surface area contributed by atoms with Crippen molar-refractivity contribution in [3.63, 3.8) is 0 Å². The molecule has 6 nitrogen and oxygen atoms in total. The molecule has 0 atom stereocenters. The molecule has 0 radical (unpaired) electrons. The van der Waals surface area contributed by atoms with Crippen molar-refractivity contribution in [1.82, 2.24) is 9.47 Å². The number of carbonyl (C=O) groups excluding carboxylic acids is 1. The number of rotatable bonds is 3. The number of hydrogen-bond acceptors (Lipinski definition) is 4. The van der Waals surface area contributed by atoms with Crippen LogP contribution in [0.25, 0.3) is 16.8 Å². The highest BCUT2D eigenvalue weighted by Crippen LogP contribution is 2.44. The summed E-state index contributed by atoms with van der Waals surface area (Å²) in [6, 6.07) is 20.1. The van der Waals surface area contributed by atoms with E-state index in [4.69, 9.17) is 9.15 Å². The number of amides is 1. The summed E-state index contributed by atoms with van der Waals surface area (Å²) in [5.41, 5.74) is 6.00. The van der Waals surface area contributed by atoms with Gasteiger partial charge in [-0.25, -0.2) is 0 Å². The number of nitrogens with zero attached hydrogens (tertiary/aromatic N) is 2. The van der Waals surface area contributed by atoms with Crippen molar-refractivity contribution in [2.45, 2.75) is 18.4 Å². The molecule has 2 aromatic carbocycles. The summed E-state index contributed by atoms with van der Waals surface area (Å²) in [6.07, 6.45) is 7.16. The van der Waals surface area contributed by atoms with E-state index in [9.17, 15) is 4.79 Å². The van der Waals surface area contributed by atoms with Crippen molar-refractivity contribution in [2.75, 3.05) is 25.5 Å². The van der Waals surface area contributed by atoms with Gasteiger partial charge in [0, 0.05) is 42.2 Å². The van der Waals surface area contributed by atoms with Gasteiger partial charge in [0.05, 0.1) is 36.5 Å². The van der Waals surface area contributed by atoms with Crippen LogP contribution in [0.1, 0.15) is 28.9 Å². The molecule has 2 aliphatic rings. The number of anilines is 1. The minimum atomic E-state index is -0.204. The van der Waals surface area contributed by atoms with E-state index in [0.717, 1.165) is 41.1 Å². The average Bonchev–Trinajstić information content (AvgIpc) is 3.57. The first kappa shape index (κ1) is 19.7. The van der Waals surface area contributed by atoms with Gasteiger partial charge >= 0.3 is 0 Å². The molecule has 1 N–H and O–H groups in total. The van der Waals surface area contributed by atoms with Crippen LogP contribution < -0.4 is 10.1 Å². The first-order valence-corrected chi connectivity index (χ1v) is 11.2.